The summed E-state index contributed by atoms with van der Waals surface area (Å²) in [6.45, 7) is 2.00. The van der Waals surface area contributed by atoms with Crippen molar-refractivity contribution < 1.29 is 14.3 Å². The van der Waals surface area contributed by atoms with E-state index in [0.29, 0.717) is 11.6 Å². The minimum Gasteiger partial charge on any atom is -0.490 e. The summed E-state index contributed by atoms with van der Waals surface area (Å²) in [5, 5.41) is 7.21. The summed E-state index contributed by atoms with van der Waals surface area (Å²) in [5.74, 6) is 1.16. The number of ether oxygens (including phenoxy) is 2. The number of amides is 1. The molecular weight excluding hydrogens is 282 g/mol. The van der Waals surface area contributed by atoms with E-state index in [1.807, 2.05) is 31.2 Å². The zero-order valence-corrected chi connectivity index (χ0v) is 12.9. The van der Waals surface area contributed by atoms with Gasteiger partial charge in [-0.2, -0.15) is 5.10 Å². The Hall–Kier alpha value is -2.50. The predicted molar refractivity (Wildman–Crippen MR) is 81.1 cm³/mol. The number of aryl methyl sites for hydroxylation is 1. The molecule has 1 N–H and O–H groups in total. The maximum absolute atomic E-state index is 12.4. The van der Waals surface area contributed by atoms with Crippen LogP contribution in [0.3, 0.4) is 0 Å². The average Bonchev–Trinajstić information content (AvgIpc) is 2.88. The molecule has 3 rings (SSSR count). The van der Waals surface area contributed by atoms with Gasteiger partial charge in [-0.1, -0.05) is 18.2 Å². The molecular formula is C16H19N3O3. The monoisotopic (exact) mass is 301 g/mol. The minimum atomic E-state index is -0.215. The second-order valence-electron chi connectivity index (χ2n) is 5.42. The number of hydrogen-bond donors (Lipinski definition) is 1. The van der Waals surface area contributed by atoms with Crippen LogP contribution in [0.4, 0.5) is 0 Å². The molecule has 0 aliphatic carbocycles. The molecule has 0 saturated carbocycles. The Labute approximate surface area is 129 Å². The third-order valence-electron chi connectivity index (χ3n) is 3.77. The van der Waals surface area contributed by atoms with Crippen molar-refractivity contribution in [3.8, 4) is 11.6 Å². The molecule has 0 radical (unpaired) electrons. The van der Waals surface area contributed by atoms with Gasteiger partial charge in [0, 0.05) is 25.1 Å². The maximum atomic E-state index is 12.4. The highest BCUT2D eigenvalue weighted by Crippen LogP contribution is 2.34. The summed E-state index contributed by atoms with van der Waals surface area (Å²) >= 11 is 0. The first-order valence-corrected chi connectivity index (χ1v) is 7.23. The fourth-order valence-corrected chi connectivity index (χ4v) is 2.72. The van der Waals surface area contributed by atoms with Gasteiger partial charge in [-0.25, -0.2) is 4.68 Å². The summed E-state index contributed by atoms with van der Waals surface area (Å²) in [5.41, 5.74) is 1.34. The standard InChI is InChI=1S/C16H19N3O3/c1-10-8-12(11-6-4-5-7-14(11)22-10)17-16(20)13-9-15(21-3)19(2)18-13/h4-7,9-10,12H,8H2,1-3H3,(H,17,20)/t10-,12-/m1/s1. The molecule has 6 heteroatoms. The smallest absolute Gasteiger partial charge is 0.272 e. The van der Waals surface area contributed by atoms with Crippen LogP contribution in [0.5, 0.6) is 11.6 Å². The van der Waals surface area contributed by atoms with Gasteiger partial charge >= 0.3 is 0 Å². The van der Waals surface area contributed by atoms with Crippen molar-refractivity contribution in [1.29, 1.82) is 0 Å². The first kappa shape index (κ1) is 14.4. The molecule has 1 aliphatic rings. The number of methoxy groups -OCH3 is 1. The number of carbonyl (C=O) groups is 1. The lowest BCUT2D eigenvalue weighted by Crippen LogP contribution is -2.35. The molecule has 1 amide bonds. The van der Waals surface area contributed by atoms with Gasteiger partial charge in [0.1, 0.15) is 5.75 Å². The number of aromatic nitrogens is 2. The fraction of sp³-hybridized carbons (Fsp3) is 0.375. The van der Waals surface area contributed by atoms with Crippen LogP contribution in [0.25, 0.3) is 0 Å². The van der Waals surface area contributed by atoms with Gasteiger partial charge in [-0.15, -0.1) is 0 Å². The van der Waals surface area contributed by atoms with E-state index in [0.717, 1.165) is 17.7 Å². The SMILES string of the molecule is COc1cc(C(=O)N[C@@H]2C[C@@H](C)Oc3ccccc32)nn1C. The Bertz CT molecular complexity index is 696. The number of para-hydroxylation sites is 1. The van der Waals surface area contributed by atoms with E-state index in [9.17, 15) is 4.79 Å². The first-order chi connectivity index (χ1) is 10.6. The van der Waals surface area contributed by atoms with Crippen LogP contribution in [0.15, 0.2) is 30.3 Å². The summed E-state index contributed by atoms with van der Waals surface area (Å²) in [7, 11) is 3.29. The Morgan fingerprint density at radius 1 is 1.45 bits per heavy atom. The lowest BCUT2D eigenvalue weighted by atomic mass is 9.97. The molecule has 0 bridgehead atoms. The largest absolute Gasteiger partial charge is 0.490 e. The number of fused-ring (bicyclic) bond motifs is 1. The third-order valence-corrected chi connectivity index (χ3v) is 3.77. The molecule has 2 aromatic rings. The van der Waals surface area contributed by atoms with E-state index in [4.69, 9.17) is 9.47 Å². The molecule has 1 aromatic heterocycles. The summed E-state index contributed by atoms with van der Waals surface area (Å²) in [6, 6.07) is 9.32. The van der Waals surface area contributed by atoms with Crippen LogP contribution in [0.2, 0.25) is 0 Å². The van der Waals surface area contributed by atoms with Gasteiger partial charge in [-0.05, 0) is 13.0 Å². The molecule has 2 atom stereocenters. The van der Waals surface area contributed by atoms with Gasteiger partial charge in [0.2, 0.25) is 5.88 Å². The highest BCUT2D eigenvalue weighted by atomic mass is 16.5. The summed E-state index contributed by atoms with van der Waals surface area (Å²) < 4.78 is 12.5. The van der Waals surface area contributed by atoms with Crippen molar-refractivity contribution in [2.45, 2.75) is 25.5 Å². The number of hydrogen-bond acceptors (Lipinski definition) is 4. The molecule has 1 aromatic carbocycles. The molecule has 1 aliphatic heterocycles. The van der Waals surface area contributed by atoms with E-state index in [2.05, 4.69) is 10.4 Å². The van der Waals surface area contributed by atoms with E-state index in [1.54, 1.807) is 20.2 Å². The van der Waals surface area contributed by atoms with Crippen LogP contribution in [0.1, 0.15) is 35.4 Å². The number of carbonyl (C=O) groups excluding carboxylic acids is 1. The third kappa shape index (κ3) is 2.64. The summed E-state index contributed by atoms with van der Waals surface area (Å²) in [6.07, 6.45) is 0.783. The number of nitrogens with zero attached hydrogens (tertiary/aromatic N) is 2. The molecule has 6 nitrogen and oxygen atoms in total. The second-order valence-corrected chi connectivity index (χ2v) is 5.42. The maximum Gasteiger partial charge on any atom is 0.272 e. The van der Waals surface area contributed by atoms with Crippen LogP contribution in [0, 0.1) is 0 Å². The highest BCUT2D eigenvalue weighted by molar-refractivity contribution is 5.92. The number of rotatable bonds is 3. The van der Waals surface area contributed by atoms with Crippen LogP contribution in [-0.2, 0) is 7.05 Å². The molecule has 2 heterocycles. The van der Waals surface area contributed by atoms with Crippen LogP contribution in [-0.4, -0.2) is 28.9 Å². The minimum absolute atomic E-state index is 0.0541. The Balaban J connectivity index is 1.82. The number of nitrogens with one attached hydrogen (secondary N) is 1. The fourth-order valence-electron chi connectivity index (χ4n) is 2.72. The van der Waals surface area contributed by atoms with Crippen molar-refractivity contribution in [2.24, 2.45) is 7.05 Å². The van der Waals surface area contributed by atoms with Crippen molar-refractivity contribution in [3.05, 3.63) is 41.6 Å². The van der Waals surface area contributed by atoms with Crippen molar-refractivity contribution in [2.75, 3.05) is 7.11 Å². The zero-order chi connectivity index (χ0) is 15.7. The molecule has 0 saturated heterocycles. The molecule has 0 fully saturated rings. The average molecular weight is 301 g/mol. The van der Waals surface area contributed by atoms with E-state index >= 15 is 0 Å². The topological polar surface area (TPSA) is 65.4 Å². The lowest BCUT2D eigenvalue weighted by molar-refractivity contribution is 0.0901. The number of benzene rings is 1. The van der Waals surface area contributed by atoms with Crippen LogP contribution < -0.4 is 14.8 Å². The van der Waals surface area contributed by atoms with Crippen LogP contribution >= 0.6 is 0 Å². The lowest BCUT2D eigenvalue weighted by Gasteiger charge is -2.30. The first-order valence-electron chi connectivity index (χ1n) is 7.23. The van der Waals surface area contributed by atoms with E-state index < -0.39 is 0 Å². The van der Waals surface area contributed by atoms with Gasteiger partial charge in [0.05, 0.1) is 19.3 Å². The molecule has 116 valence electrons. The zero-order valence-electron chi connectivity index (χ0n) is 12.9. The quantitative estimate of drug-likeness (QED) is 0.942. The van der Waals surface area contributed by atoms with E-state index in [-0.39, 0.29) is 18.1 Å². The molecule has 0 unspecified atom stereocenters. The van der Waals surface area contributed by atoms with Gasteiger partial charge < -0.3 is 14.8 Å². The van der Waals surface area contributed by atoms with Crippen molar-refractivity contribution in [3.63, 3.8) is 0 Å². The molecule has 22 heavy (non-hydrogen) atoms. The Morgan fingerprint density at radius 2 is 2.23 bits per heavy atom. The molecule has 0 spiro atoms. The predicted octanol–water partition coefficient (Wildman–Crippen LogP) is 2.07. The summed E-state index contributed by atoms with van der Waals surface area (Å²) in [4.78, 5) is 12.4. The normalized spacial score (nSPS) is 20.0. The Morgan fingerprint density at radius 3 is 2.95 bits per heavy atom. The van der Waals surface area contributed by atoms with Crippen molar-refractivity contribution in [1.82, 2.24) is 15.1 Å². The van der Waals surface area contributed by atoms with Gasteiger partial charge in [0.25, 0.3) is 5.91 Å². The van der Waals surface area contributed by atoms with E-state index in [1.165, 1.54) is 4.68 Å². The second kappa shape index (κ2) is 5.71. The van der Waals surface area contributed by atoms with Gasteiger partial charge in [-0.3, -0.25) is 4.79 Å². The van der Waals surface area contributed by atoms with Gasteiger partial charge in [0.15, 0.2) is 5.69 Å². The highest BCUT2D eigenvalue weighted by Gasteiger charge is 2.27. The van der Waals surface area contributed by atoms with Crippen molar-refractivity contribution >= 4 is 5.91 Å². The Kier molecular flexibility index (Phi) is 3.75.